The minimum Gasteiger partial charge on any atom is -0.350 e. The molecule has 0 atom stereocenters. The van der Waals surface area contributed by atoms with Crippen molar-refractivity contribution in [3.8, 4) is 0 Å². The van der Waals surface area contributed by atoms with Crippen LogP contribution in [0.3, 0.4) is 0 Å². The van der Waals surface area contributed by atoms with E-state index in [4.69, 9.17) is 0 Å². The number of anilines is 4. The molecule has 1 aromatic carbocycles. The average Bonchev–Trinajstić information content (AvgIpc) is 3.12. The van der Waals surface area contributed by atoms with Crippen molar-refractivity contribution >= 4 is 29.0 Å². The maximum Gasteiger partial charge on any atom is 0.256 e. The van der Waals surface area contributed by atoms with Crippen LogP contribution in [-0.4, -0.2) is 38.8 Å². The molecule has 178 valence electrons. The molecule has 0 saturated heterocycles. The lowest BCUT2D eigenvalue weighted by atomic mass is 9.91. The first-order valence-corrected chi connectivity index (χ1v) is 11.6. The van der Waals surface area contributed by atoms with E-state index in [0.29, 0.717) is 17.3 Å². The van der Waals surface area contributed by atoms with E-state index in [1.54, 1.807) is 12.4 Å². The fourth-order valence-electron chi connectivity index (χ4n) is 3.87. The quantitative estimate of drug-likeness (QED) is 0.490. The highest BCUT2D eigenvalue weighted by atomic mass is 16.1. The molecule has 34 heavy (non-hydrogen) atoms. The molecule has 4 rings (SSSR count). The Bertz CT molecular complexity index is 1200. The molecule has 0 aliphatic carbocycles. The predicted octanol–water partition coefficient (Wildman–Crippen LogP) is 4.74. The van der Waals surface area contributed by atoms with Gasteiger partial charge in [-0.3, -0.25) is 14.7 Å². The molecule has 8 heteroatoms. The number of pyridine rings is 1. The topological polar surface area (TPSA) is 95.1 Å². The van der Waals surface area contributed by atoms with Gasteiger partial charge in [-0.1, -0.05) is 26.8 Å². The highest BCUT2D eigenvalue weighted by Crippen LogP contribution is 2.28. The Balaban J connectivity index is 1.65. The van der Waals surface area contributed by atoms with E-state index < -0.39 is 0 Å². The van der Waals surface area contributed by atoms with Gasteiger partial charge in [-0.2, -0.15) is 4.98 Å². The third-order valence-electron chi connectivity index (χ3n) is 5.59. The summed E-state index contributed by atoms with van der Waals surface area (Å²) >= 11 is 0. The van der Waals surface area contributed by atoms with E-state index in [0.717, 1.165) is 30.2 Å². The van der Waals surface area contributed by atoms with Gasteiger partial charge in [0.15, 0.2) is 0 Å². The Kier molecular flexibility index (Phi) is 6.52. The zero-order valence-corrected chi connectivity index (χ0v) is 20.7. The smallest absolute Gasteiger partial charge is 0.256 e. The van der Waals surface area contributed by atoms with Gasteiger partial charge in [0.1, 0.15) is 11.4 Å². The van der Waals surface area contributed by atoms with Crippen molar-refractivity contribution in [1.82, 2.24) is 25.2 Å². The van der Waals surface area contributed by atoms with Crippen LogP contribution in [0.5, 0.6) is 0 Å². The summed E-state index contributed by atoms with van der Waals surface area (Å²) in [6.45, 7) is 12.1. The average molecular weight is 460 g/mol. The number of aromatic nitrogens is 3. The Hall–Kier alpha value is -3.52. The number of carbonyl (C=O) groups excluding carboxylic acids is 1. The van der Waals surface area contributed by atoms with E-state index in [2.05, 4.69) is 75.8 Å². The van der Waals surface area contributed by atoms with Crippen molar-refractivity contribution in [2.24, 2.45) is 0 Å². The predicted molar refractivity (Wildman–Crippen MR) is 136 cm³/mol. The summed E-state index contributed by atoms with van der Waals surface area (Å²) in [4.78, 5) is 28.7. The maximum atomic E-state index is 12.9. The van der Waals surface area contributed by atoms with Crippen LogP contribution in [-0.2, 0) is 18.5 Å². The molecule has 0 saturated carbocycles. The molecule has 3 aromatic rings. The molecule has 1 amide bonds. The lowest BCUT2D eigenvalue weighted by Crippen LogP contribution is -2.31. The first-order valence-electron chi connectivity index (χ1n) is 11.6. The highest BCUT2D eigenvalue weighted by molar-refractivity contribution is 5.99. The highest BCUT2D eigenvalue weighted by Gasteiger charge is 2.20. The van der Waals surface area contributed by atoms with Gasteiger partial charge in [0.05, 0.1) is 0 Å². The summed E-state index contributed by atoms with van der Waals surface area (Å²) < 4.78 is 0. The summed E-state index contributed by atoms with van der Waals surface area (Å²) in [5.74, 6) is 0.623. The van der Waals surface area contributed by atoms with Gasteiger partial charge in [0.2, 0.25) is 5.95 Å². The van der Waals surface area contributed by atoms with Crippen LogP contribution in [0.4, 0.5) is 23.1 Å². The van der Waals surface area contributed by atoms with Crippen molar-refractivity contribution in [3.05, 3.63) is 65.1 Å². The fraction of sp³-hybridized carbons (Fsp3) is 0.385. The second-order valence-corrected chi connectivity index (χ2v) is 10.2. The number of benzene rings is 1. The number of amides is 1. The van der Waals surface area contributed by atoms with Gasteiger partial charge in [-0.25, -0.2) is 4.98 Å². The van der Waals surface area contributed by atoms with E-state index >= 15 is 0 Å². The SMILES string of the molecule is CC(C)NC(=O)c1cnc(Nc2ccc3c(c2)CN(C)C3)nc1Nc1ccnc(C(C)(C)C)c1. The number of rotatable bonds is 6. The largest absolute Gasteiger partial charge is 0.350 e. The zero-order chi connectivity index (χ0) is 24.5. The summed E-state index contributed by atoms with van der Waals surface area (Å²) in [6.07, 6.45) is 3.32. The lowest BCUT2D eigenvalue weighted by Gasteiger charge is -2.19. The molecule has 3 N–H and O–H groups in total. The molecular formula is C26H33N7O. The first kappa shape index (κ1) is 23.6. The lowest BCUT2D eigenvalue weighted by molar-refractivity contribution is 0.0943. The Morgan fingerprint density at radius 2 is 1.74 bits per heavy atom. The van der Waals surface area contributed by atoms with Crippen molar-refractivity contribution in [3.63, 3.8) is 0 Å². The number of nitrogens with one attached hydrogen (secondary N) is 3. The van der Waals surface area contributed by atoms with Gasteiger partial charge in [0.25, 0.3) is 5.91 Å². The molecule has 0 fully saturated rings. The van der Waals surface area contributed by atoms with Crippen molar-refractivity contribution in [1.29, 1.82) is 0 Å². The molecule has 0 unspecified atom stereocenters. The van der Waals surface area contributed by atoms with Gasteiger partial charge < -0.3 is 16.0 Å². The Morgan fingerprint density at radius 1 is 1.00 bits per heavy atom. The van der Waals surface area contributed by atoms with E-state index in [1.807, 2.05) is 32.0 Å². The van der Waals surface area contributed by atoms with Crippen LogP contribution in [0.15, 0.2) is 42.7 Å². The van der Waals surface area contributed by atoms with Gasteiger partial charge in [-0.15, -0.1) is 0 Å². The Labute approximate surface area is 201 Å². The second kappa shape index (κ2) is 9.38. The van der Waals surface area contributed by atoms with Crippen LogP contribution >= 0.6 is 0 Å². The van der Waals surface area contributed by atoms with E-state index in [1.165, 1.54) is 11.1 Å². The van der Waals surface area contributed by atoms with Crippen LogP contribution in [0.1, 0.15) is 61.8 Å². The molecule has 0 spiro atoms. The number of hydrogen-bond acceptors (Lipinski definition) is 7. The number of nitrogens with zero attached hydrogens (tertiary/aromatic N) is 4. The Morgan fingerprint density at radius 3 is 2.47 bits per heavy atom. The van der Waals surface area contributed by atoms with Crippen LogP contribution in [0.2, 0.25) is 0 Å². The van der Waals surface area contributed by atoms with Gasteiger partial charge in [-0.05, 0) is 56.3 Å². The molecular weight excluding hydrogens is 426 g/mol. The molecule has 0 bridgehead atoms. The summed E-state index contributed by atoms with van der Waals surface area (Å²) in [6, 6.07) is 10.1. The molecule has 1 aliphatic rings. The standard InChI is InChI=1S/C26H33N7O/c1-16(2)29-24(34)21-13-28-25(31-19-8-7-17-14-33(6)15-18(17)11-19)32-23(21)30-20-9-10-27-22(12-20)26(3,4)5/h7-13,16H,14-15H2,1-6H3,(H,29,34)(H2,27,28,30,31,32). The molecule has 3 heterocycles. The monoisotopic (exact) mass is 459 g/mol. The summed E-state index contributed by atoms with van der Waals surface area (Å²) in [5.41, 5.74) is 5.58. The van der Waals surface area contributed by atoms with Crippen molar-refractivity contribution in [2.75, 3.05) is 17.7 Å². The molecule has 2 aromatic heterocycles. The fourth-order valence-corrected chi connectivity index (χ4v) is 3.87. The van der Waals surface area contributed by atoms with Crippen LogP contribution in [0, 0.1) is 0 Å². The third-order valence-corrected chi connectivity index (χ3v) is 5.59. The minimum atomic E-state index is -0.227. The molecule has 8 nitrogen and oxygen atoms in total. The first-order chi connectivity index (χ1) is 16.1. The summed E-state index contributed by atoms with van der Waals surface area (Å²) in [5, 5.41) is 9.53. The molecule has 0 radical (unpaired) electrons. The van der Waals surface area contributed by atoms with E-state index in [-0.39, 0.29) is 17.4 Å². The number of hydrogen-bond donors (Lipinski definition) is 3. The zero-order valence-electron chi connectivity index (χ0n) is 20.7. The third kappa shape index (κ3) is 5.51. The molecule has 1 aliphatic heterocycles. The van der Waals surface area contributed by atoms with Crippen LogP contribution < -0.4 is 16.0 Å². The van der Waals surface area contributed by atoms with Crippen LogP contribution in [0.25, 0.3) is 0 Å². The van der Waals surface area contributed by atoms with Crippen molar-refractivity contribution in [2.45, 2.75) is 59.2 Å². The minimum absolute atomic E-state index is 0.00360. The van der Waals surface area contributed by atoms with Gasteiger partial charge in [0, 0.05) is 54.0 Å². The number of fused-ring (bicyclic) bond motifs is 1. The second-order valence-electron chi connectivity index (χ2n) is 10.2. The maximum absolute atomic E-state index is 12.9. The normalized spacial score (nSPS) is 13.6. The summed E-state index contributed by atoms with van der Waals surface area (Å²) in [7, 11) is 2.11. The number of carbonyl (C=O) groups is 1. The van der Waals surface area contributed by atoms with Crippen molar-refractivity contribution < 1.29 is 4.79 Å². The van der Waals surface area contributed by atoms with Gasteiger partial charge >= 0.3 is 0 Å². The van der Waals surface area contributed by atoms with E-state index in [9.17, 15) is 4.79 Å².